The molecule has 1 aromatic heterocycles. The van der Waals surface area contributed by atoms with Crippen molar-refractivity contribution in [3.05, 3.63) is 145 Å². The molecule has 36 heavy (non-hydrogen) atoms. The Bertz CT molecular complexity index is 1440. The van der Waals surface area contributed by atoms with Crippen molar-refractivity contribution in [1.29, 1.82) is 0 Å². The number of pyridine rings is 1. The number of aromatic nitrogens is 1. The summed E-state index contributed by atoms with van der Waals surface area (Å²) in [5.74, 6) is 0. The van der Waals surface area contributed by atoms with Gasteiger partial charge in [0.05, 0.1) is 5.69 Å². The largest absolute Gasteiger partial charge is 0.311 e. The fraction of sp³-hybridized carbons (Fsp3) is 0.0294. The molecule has 2 nitrogen and oxygen atoms in total. The molecule has 0 aliphatic carbocycles. The van der Waals surface area contributed by atoms with Crippen LogP contribution in [0.1, 0.15) is 16.7 Å². The van der Waals surface area contributed by atoms with Crippen molar-refractivity contribution in [3.8, 4) is 22.4 Å². The fourth-order valence-corrected chi connectivity index (χ4v) is 4.40. The Morgan fingerprint density at radius 2 is 1.11 bits per heavy atom. The van der Waals surface area contributed by atoms with Gasteiger partial charge in [-0.1, -0.05) is 86.0 Å². The molecule has 0 unspecified atom stereocenters. The predicted octanol–water partition coefficient (Wildman–Crippen LogP) is 9.48. The highest BCUT2D eigenvalue weighted by Crippen LogP contribution is 2.36. The number of hydrogen-bond donors (Lipinski definition) is 0. The first-order chi connectivity index (χ1) is 17.7. The SMILES string of the molecule is C=Cc1ccc(N(c2ccc(C=C)cc2)c2ccc(-c3cccc(-c4ncccc4C)c3)cc2)cc1. The Hall–Kier alpha value is -4.69. The molecule has 0 bridgehead atoms. The molecule has 0 spiro atoms. The van der Waals surface area contributed by atoms with E-state index in [0.717, 1.165) is 45.0 Å². The van der Waals surface area contributed by atoms with Crippen LogP contribution in [-0.2, 0) is 0 Å². The van der Waals surface area contributed by atoms with Crippen molar-refractivity contribution < 1.29 is 0 Å². The zero-order valence-corrected chi connectivity index (χ0v) is 20.4. The lowest BCUT2D eigenvalue weighted by Gasteiger charge is -2.26. The van der Waals surface area contributed by atoms with Gasteiger partial charge in [-0.2, -0.15) is 0 Å². The Balaban J connectivity index is 1.52. The second kappa shape index (κ2) is 10.3. The predicted molar refractivity (Wildman–Crippen MR) is 155 cm³/mol. The second-order valence-corrected chi connectivity index (χ2v) is 8.72. The standard InChI is InChI=1S/C34H28N2/c1-4-26-11-17-31(18-12-26)36(32-19-13-27(5-2)14-20-32)33-21-15-28(16-22-33)29-9-6-10-30(24-29)34-25(3)8-7-23-35-34/h4-24H,1-2H2,3H3. The highest BCUT2D eigenvalue weighted by atomic mass is 15.1. The van der Waals surface area contributed by atoms with Crippen LogP contribution in [0, 0.1) is 6.92 Å². The molecule has 0 radical (unpaired) electrons. The van der Waals surface area contributed by atoms with Crippen molar-refractivity contribution in [3.63, 3.8) is 0 Å². The summed E-state index contributed by atoms with van der Waals surface area (Å²) >= 11 is 0. The molecule has 0 saturated heterocycles. The van der Waals surface area contributed by atoms with Gasteiger partial charge in [0.15, 0.2) is 0 Å². The van der Waals surface area contributed by atoms with Gasteiger partial charge in [0.25, 0.3) is 0 Å². The Morgan fingerprint density at radius 1 is 0.583 bits per heavy atom. The summed E-state index contributed by atoms with van der Waals surface area (Å²) in [6, 6.07) is 38.3. The van der Waals surface area contributed by atoms with Crippen LogP contribution < -0.4 is 4.90 Å². The first-order valence-electron chi connectivity index (χ1n) is 12.0. The average molecular weight is 465 g/mol. The van der Waals surface area contributed by atoms with Gasteiger partial charge in [0.1, 0.15) is 0 Å². The number of rotatable bonds is 7. The molecule has 174 valence electrons. The lowest BCUT2D eigenvalue weighted by atomic mass is 9.99. The minimum Gasteiger partial charge on any atom is -0.311 e. The Labute approximate surface area is 213 Å². The van der Waals surface area contributed by atoms with Crippen LogP contribution in [-0.4, -0.2) is 4.98 Å². The molecule has 5 aromatic rings. The lowest BCUT2D eigenvalue weighted by Crippen LogP contribution is -2.09. The van der Waals surface area contributed by atoms with Crippen LogP contribution in [0.5, 0.6) is 0 Å². The minimum atomic E-state index is 1.02. The van der Waals surface area contributed by atoms with Gasteiger partial charge in [-0.15, -0.1) is 0 Å². The third kappa shape index (κ3) is 4.75. The molecule has 2 heteroatoms. The summed E-state index contributed by atoms with van der Waals surface area (Å²) in [5.41, 5.74) is 11.1. The number of anilines is 3. The van der Waals surface area contributed by atoms with Crippen LogP contribution in [0.3, 0.4) is 0 Å². The average Bonchev–Trinajstić information content (AvgIpc) is 2.95. The van der Waals surface area contributed by atoms with Gasteiger partial charge in [0.2, 0.25) is 0 Å². The van der Waals surface area contributed by atoms with E-state index in [-0.39, 0.29) is 0 Å². The molecule has 0 fully saturated rings. The first-order valence-corrected chi connectivity index (χ1v) is 12.0. The second-order valence-electron chi connectivity index (χ2n) is 8.72. The van der Waals surface area contributed by atoms with Crippen molar-refractivity contribution >= 4 is 29.2 Å². The van der Waals surface area contributed by atoms with E-state index >= 15 is 0 Å². The summed E-state index contributed by atoms with van der Waals surface area (Å²) < 4.78 is 0. The normalized spacial score (nSPS) is 10.6. The van der Waals surface area contributed by atoms with Gasteiger partial charge in [-0.05, 0) is 83.3 Å². The smallest absolute Gasteiger partial charge is 0.0731 e. The van der Waals surface area contributed by atoms with E-state index in [1.54, 1.807) is 0 Å². The van der Waals surface area contributed by atoms with E-state index in [2.05, 4.69) is 133 Å². The Morgan fingerprint density at radius 3 is 1.64 bits per heavy atom. The molecule has 0 N–H and O–H groups in total. The van der Waals surface area contributed by atoms with Crippen molar-refractivity contribution in [2.45, 2.75) is 6.92 Å². The summed E-state index contributed by atoms with van der Waals surface area (Å²) in [4.78, 5) is 6.85. The molecule has 0 amide bonds. The summed E-state index contributed by atoms with van der Waals surface area (Å²) in [7, 11) is 0. The van der Waals surface area contributed by atoms with Crippen molar-refractivity contribution in [1.82, 2.24) is 4.98 Å². The maximum absolute atomic E-state index is 4.59. The molecule has 0 saturated carbocycles. The van der Waals surface area contributed by atoms with Crippen LogP contribution in [0.25, 0.3) is 34.5 Å². The molecule has 0 aliphatic heterocycles. The van der Waals surface area contributed by atoms with Crippen LogP contribution in [0.2, 0.25) is 0 Å². The molecule has 0 atom stereocenters. The van der Waals surface area contributed by atoms with E-state index in [1.165, 1.54) is 11.1 Å². The van der Waals surface area contributed by atoms with Gasteiger partial charge in [0, 0.05) is 28.8 Å². The van der Waals surface area contributed by atoms with E-state index in [1.807, 2.05) is 24.4 Å². The van der Waals surface area contributed by atoms with E-state index < -0.39 is 0 Å². The van der Waals surface area contributed by atoms with Gasteiger partial charge >= 0.3 is 0 Å². The molecule has 1 heterocycles. The van der Waals surface area contributed by atoms with E-state index in [0.29, 0.717) is 0 Å². The molecular formula is C34H28N2. The van der Waals surface area contributed by atoms with Crippen molar-refractivity contribution in [2.75, 3.05) is 4.90 Å². The maximum Gasteiger partial charge on any atom is 0.0731 e. The van der Waals surface area contributed by atoms with Crippen LogP contribution in [0.4, 0.5) is 17.1 Å². The minimum absolute atomic E-state index is 1.02. The van der Waals surface area contributed by atoms with E-state index in [9.17, 15) is 0 Å². The fourth-order valence-electron chi connectivity index (χ4n) is 4.40. The van der Waals surface area contributed by atoms with Gasteiger partial charge in [-0.25, -0.2) is 0 Å². The van der Waals surface area contributed by atoms with Crippen LogP contribution in [0.15, 0.2) is 129 Å². The van der Waals surface area contributed by atoms with Crippen LogP contribution >= 0.6 is 0 Å². The summed E-state index contributed by atoms with van der Waals surface area (Å²) in [5, 5.41) is 0. The monoisotopic (exact) mass is 464 g/mol. The maximum atomic E-state index is 4.59. The summed E-state index contributed by atoms with van der Waals surface area (Å²) in [6.07, 6.45) is 5.58. The molecule has 4 aromatic carbocycles. The lowest BCUT2D eigenvalue weighted by molar-refractivity contribution is 1.27. The van der Waals surface area contributed by atoms with Gasteiger partial charge in [-0.3, -0.25) is 4.98 Å². The molecule has 5 rings (SSSR count). The number of nitrogens with zero attached hydrogens (tertiary/aromatic N) is 2. The number of hydrogen-bond acceptors (Lipinski definition) is 2. The van der Waals surface area contributed by atoms with Gasteiger partial charge < -0.3 is 4.90 Å². The molecular weight excluding hydrogens is 436 g/mol. The number of aryl methyl sites for hydroxylation is 1. The zero-order valence-electron chi connectivity index (χ0n) is 20.4. The van der Waals surface area contributed by atoms with Crippen molar-refractivity contribution in [2.24, 2.45) is 0 Å². The highest BCUT2D eigenvalue weighted by molar-refractivity contribution is 5.80. The number of benzene rings is 4. The first kappa shape index (κ1) is 23.1. The quantitative estimate of drug-likeness (QED) is 0.238. The topological polar surface area (TPSA) is 16.1 Å². The van der Waals surface area contributed by atoms with E-state index in [4.69, 9.17) is 0 Å². The third-order valence-electron chi connectivity index (χ3n) is 6.38. The molecule has 0 aliphatic rings. The Kier molecular flexibility index (Phi) is 6.59. The zero-order chi connectivity index (χ0) is 24.9. The summed E-state index contributed by atoms with van der Waals surface area (Å²) in [6.45, 7) is 9.86. The highest BCUT2D eigenvalue weighted by Gasteiger charge is 2.13. The third-order valence-corrected chi connectivity index (χ3v) is 6.38.